The van der Waals surface area contributed by atoms with E-state index in [2.05, 4.69) is 34.1 Å². The first-order chi connectivity index (χ1) is 5.42. The topological polar surface area (TPSA) is 9.23 Å². The van der Waals surface area contributed by atoms with Crippen molar-refractivity contribution >= 4 is 15.9 Å². The molecule has 0 radical (unpaired) electrons. The molecule has 1 aromatic rings. The molecule has 0 saturated heterocycles. The van der Waals surface area contributed by atoms with Gasteiger partial charge in [-0.05, 0) is 16.7 Å². The molecule has 1 heterocycles. The third-order valence-corrected chi connectivity index (χ3v) is 2.62. The fraction of sp³-hybridized carbons (Fsp3) is 0.333. The van der Waals surface area contributed by atoms with Crippen molar-refractivity contribution < 1.29 is 4.74 Å². The second-order valence-corrected chi connectivity index (χ2v) is 3.24. The van der Waals surface area contributed by atoms with Gasteiger partial charge in [-0.15, -0.1) is 0 Å². The van der Waals surface area contributed by atoms with Crippen LogP contribution in [0.4, 0.5) is 0 Å². The van der Waals surface area contributed by atoms with Crippen LogP contribution in [0.25, 0.3) is 0 Å². The van der Waals surface area contributed by atoms with E-state index in [9.17, 15) is 0 Å². The summed E-state index contributed by atoms with van der Waals surface area (Å²) in [5.41, 5.74) is 4.09. The van der Waals surface area contributed by atoms with Gasteiger partial charge in [0.1, 0.15) is 0 Å². The SMILES string of the molecule is BrCc1cccc2c1COC2. The van der Waals surface area contributed by atoms with Crippen molar-refractivity contribution in [3.05, 3.63) is 34.9 Å². The zero-order chi connectivity index (χ0) is 7.68. The Morgan fingerprint density at radius 1 is 1.36 bits per heavy atom. The summed E-state index contributed by atoms with van der Waals surface area (Å²) in [7, 11) is 0. The lowest BCUT2D eigenvalue weighted by Gasteiger charge is -2.01. The maximum atomic E-state index is 5.34. The molecule has 0 atom stereocenters. The van der Waals surface area contributed by atoms with Crippen LogP contribution in [-0.2, 0) is 23.3 Å². The Balaban J connectivity index is 2.50. The van der Waals surface area contributed by atoms with Crippen molar-refractivity contribution in [3.63, 3.8) is 0 Å². The molecule has 2 rings (SSSR count). The lowest BCUT2D eigenvalue weighted by atomic mass is 10.1. The molecule has 58 valence electrons. The number of alkyl halides is 1. The summed E-state index contributed by atoms with van der Waals surface area (Å²) in [5, 5.41) is 0.930. The normalized spacial score (nSPS) is 15.0. The van der Waals surface area contributed by atoms with Crippen LogP contribution in [0.15, 0.2) is 18.2 Å². The molecule has 0 saturated carbocycles. The largest absolute Gasteiger partial charge is 0.372 e. The van der Waals surface area contributed by atoms with Crippen LogP contribution in [0.2, 0.25) is 0 Å². The minimum absolute atomic E-state index is 0.788. The second-order valence-electron chi connectivity index (χ2n) is 2.68. The van der Waals surface area contributed by atoms with Gasteiger partial charge in [0.25, 0.3) is 0 Å². The number of hydrogen-bond acceptors (Lipinski definition) is 1. The molecule has 1 aliphatic rings. The van der Waals surface area contributed by atoms with E-state index in [1.165, 1.54) is 16.7 Å². The summed E-state index contributed by atoms with van der Waals surface area (Å²) >= 11 is 3.46. The Morgan fingerprint density at radius 2 is 2.27 bits per heavy atom. The Kier molecular flexibility index (Phi) is 1.96. The highest BCUT2D eigenvalue weighted by Gasteiger charge is 2.13. The average Bonchev–Trinajstić information content (AvgIpc) is 2.50. The number of halogens is 1. The molecule has 0 bridgehead atoms. The molecule has 0 N–H and O–H groups in total. The first-order valence-corrected chi connectivity index (χ1v) is 4.77. The summed E-state index contributed by atoms with van der Waals surface area (Å²) in [6.45, 7) is 1.58. The minimum Gasteiger partial charge on any atom is -0.372 e. The van der Waals surface area contributed by atoms with E-state index in [0.717, 1.165) is 18.5 Å². The highest BCUT2D eigenvalue weighted by atomic mass is 79.9. The van der Waals surface area contributed by atoms with Gasteiger partial charge in [0.15, 0.2) is 0 Å². The number of rotatable bonds is 1. The van der Waals surface area contributed by atoms with Crippen LogP contribution < -0.4 is 0 Å². The van der Waals surface area contributed by atoms with Crippen LogP contribution in [0, 0.1) is 0 Å². The monoisotopic (exact) mass is 212 g/mol. The second kappa shape index (κ2) is 2.95. The molecule has 1 aromatic carbocycles. The Bertz CT molecular complexity index is 270. The van der Waals surface area contributed by atoms with Crippen LogP contribution >= 0.6 is 15.9 Å². The zero-order valence-corrected chi connectivity index (χ0v) is 7.73. The van der Waals surface area contributed by atoms with Crippen LogP contribution in [-0.4, -0.2) is 0 Å². The van der Waals surface area contributed by atoms with E-state index in [1.54, 1.807) is 0 Å². The quantitative estimate of drug-likeness (QED) is 0.651. The Labute approximate surface area is 74.5 Å². The van der Waals surface area contributed by atoms with Crippen molar-refractivity contribution in [1.82, 2.24) is 0 Å². The van der Waals surface area contributed by atoms with Gasteiger partial charge in [0.05, 0.1) is 13.2 Å². The van der Waals surface area contributed by atoms with E-state index < -0.39 is 0 Å². The van der Waals surface area contributed by atoms with Crippen LogP contribution in [0.5, 0.6) is 0 Å². The van der Waals surface area contributed by atoms with Crippen molar-refractivity contribution in [2.75, 3.05) is 0 Å². The van der Waals surface area contributed by atoms with Gasteiger partial charge >= 0.3 is 0 Å². The van der Waals surface area contributed by atoms with Gasteiger partial charge in [-0.1, -0.05) is 34.1 Å². The molecule has 0 fully saturated rings. The third-order valence-electron chi connectivity index (χ3n) is 2.02. The maximum Gasteiger partial charge on any atom is 0.0727 e. The number of hydrogen-bond donors (Lipinski definition) is 0. The summed E-state index contributed by atoms with van der Waals surface area (Å²) < 4.78 is 5.34. The number of fused-ring (bicyclic) bond motifs is 1. The molecule has 1 aliphatic heterocycles. The van der Waals surface area contributed by atoms with Gasteiger partial charge in [-0.3, -0.25) is 0 Å². The van der Waals surface area contributed by atoms with Crippen molar-refractivity contribution in [3.8, 4) is 0 Å². The van der Waals surface area contributed by atoms with Crippen LogP contribution in [0.1, 0.15) is 16.7 Å². The van der Waals surface area contributed by atoms with Gasteiger partial charge in [-0.25, -0.2) is 0 Å². The molecule has 0 aliphatic carbocycles. The third kappa shape index (κ3) is 1.21. The fourth-order valence-corrected chi connectivity index (χ4v) is 1.92. The van der Waals surface area contributed by atoms with E-state index in [4.69, 9.17) is 4.74 Å². The minimum atomic E-state index is 0.788. The highest BCUT2D eigenvalue weighted by Crippen LogP contribution is 2.24. The molecule has 2 heteroatoms. The van der Waals surface area contributed by atoms with Crippen molar-refractivity contribution in [2.45, 2.75) is 18.5 Å². The highest BCUT2D eigenvalue weighted by molar-refractivity contribution is 9.08. The summed E-state index contributed by atoms with van der Waals surface area (Å²) in [6, 6.07) is 6.36. The van der Waals surface area contributed by atoms with E-state index >= 15 is 0 Å². The Hall–Kier alpha value is -0.340. The number of ether oxygens (including phenoxy) is 1. The zero-order valence-electron chi connectivity index (χ0n) is 6.14. The first kappa shape index (κ1) is 7.32. The summed E-state index contributed by atoms with van der Waals surface area (Å²) in [5.74, 6) is 0. The molecule has 11 heavy (non-hydrogen) atoms. The fourth-order valence-electron chi connectivity index (χ4n) is 1.40. The smallest absolute Gasteiger partial charge is 0.0727 e. The maximum absolute atomic E-state index is 5.34. The van der Waals surface area contributed by atoms with Gasteiger partial charge in [0, 0.05) is 5.33 Å². The summed E-state index contributed by atoms with van der Waals surface area (Å²) in [6.07, 6.45) is 0. The first-order valence-electron chi connectivity index (χ1n) is 3.65. The molecule has 0 aromatic heterocycles. The molecule has 0 spiro atoms. The van der Waals surface area contributed by atoms with Gasteiger partial charge in [0.2, 0.25) is 0 Å². The molecule has 0 unspecified atom stereocenters. The summed E-state index contributed by atoms with van der Waals surface area (Å²) in [4.78, 5) is 0. The van der Waals surface area contributed by atoms with E-state index in [1.807, 2.05) is 0 Å². The lowest BCUT2D eigenvalue weighted by molar-refractivity contribution is 0.134. The lowest BCUT2D eigenvalue weighted by Crippen LogP contribution is -1.88. The Morgan fingerprint density at radius 3 is 3.09 bits per heavy atom. The molecular weight excluding hydrogens is 204 g/mol. The average molecular weight is 213 g/mol. The van der Waals surface area contributed by atoms with Gasteiger partial charge in [-0.2, -0.15) is 0 Å². The standard InChI is InChI=1S/C9H9BrO/c10-4-7-2-1-3-8-5-11-6-9(7)8/h1-3H,4-6H2. The van der Waals surface area contributed by atoms with E-state index in [0.29, 0.717) is 0 Å². The van der Waals surface area contributed by atoms with E-state index in [-0.39, 0.29) is 0 Å². The molecular formula is C9H9BrO. The van der Waals surface area contributed by atoms with Crippen molar-refractivity contribution in [1.29, 1.82) is 0 Å². The predicted octanol–water partition coefficient (Wildman–Crippen LogP) is 2.61. The predicted molar refractivity (Wildman–Crippen MR) is 47.6 cm³/mol. The molecule has 0 amide bonds. The molecule has 1 nitrogen and oxygen atoms in total. The number of benzene rings is 1. The van der Waals surface area contributed by atoms with Crippen molar-refractivity contribution in [2.24, 2.45) is 0 Å². The van der Waals surface area contributed by atoms with Gasteiger partial charge < -0.3 is 4.74 Å². The van der Waals surface area contributed by atoms with Crippen LogP contribution in [0.3, 0.4) is 0 Å².